The van der Waals surface area contributed by atoms with Crippen LogP contribution in [-0.2, 0) is 4.79 Å². The number of halogens is 1. The second kappa shape index (κ2) is 4.06. The molecule has 0 aliphatic rings. The number of hydrogen-bond acceptors (Lipinski definition) is 4. The first-order chi connectivity index (χ1) is 6.83. The predicted octanol–water partition coefficient (Wildman–Crippen LogP) is 1.10. The van der Waals surface area contributed by atoms with Gasteiger partial charge in [0.15, 0.2) is 0 Å². The number of nitrogens with zero attached hydrogens (tertiary/aromatic N) is 1. The van der Waals surface area contributed by atoms with Gasteiger partial charge in [0, 0.05) is 0 Å². The smallest absolute Gasteiger partial charge is 0.242 e. The average molecular weight is 273 g/mol. The summed E-state index contributed by atoms with van der Waals surface area (Å²) >= 11 is 3.29. The summed E-state index contributed by atoms with van der Waals surface area (Å²) in [6.45, 7) is 3.36. The summed E-state index contributed by atoms with van der Waals surface area (Å²) in [5.41, 5.74) is 10.5. The molecule has 0 radical (unpaired) electrons. The Morgan fingerprint density at radius 2 is 2.20 bits per heavy atom. The molecule has 0 aromatic carbocycles. The largest absolute Gasteiger partial charge is 0.397 e. The van der Waals surface area contributed by atoms with Crippen LogP contribution in [0.2, 0.25) is 0 Å². The average Bonchev–Trinajstić information content (AvgIpc) is 2.09. The molecule has 5 N–H and O–H groups in total. The number of aromatic nitrogens is 1. The maximum atomic E-state index is 11.1. The highest BCUT2D eigenvalue weighted by molar-refractivity contribution is 9.10. The number of nitrogens with one attached hydrogen (secondary N) is 1. The Labute approximate surface area is 96.4 Å². The van der Waals surface area contributed by atoms with Crippen LogP contribution in [0.1, 0.15) is 13.8 Å². The van der Waals surface area contributed by atoms with Crippen molar-refractivity contribution in [2.75, 3.05) is 11.1 Å². The van der Waals surface area contributed by atoms with E-state index >= 15 is 0 Å². The zero-order valence-corrected chi connectivity index (χ0v) is 10.1. The van der Waals surface area contributed by atoms with E-state index in [0.29, 0.717) is 16.0 Å². The Kier molecular flexibility index (Phi) is 3.18. The van der Waals surface area contributed by atoms with Gasteiger partial charge in [-0.25, -0.2) is 4.98 Å². The molecule has 0 saturated heterocycles. The van der Waals surface area contributed by atoms with Gasteiger partial charge in [-0.15, -0.1) is 0 Å². The van der Waals surface area contributed by atoms with Gasteiger partial charge in [0.2, 0.25) is 5.91 Å². The number of pyridine rings is 1. The van der Waals surface area contributed by atoms with Gasteiger partial charge in [-0.3, -0.25) is 4.79 Å². The molecule has 0 aliphatic heterocycles. The summed E-state index contributed by atoms with van der Waals surface area (Å²) in [6.07, 6.45) is 1.50. The fraction of sp³-hybridized carbons (Fsp3) is 0.333. The fourth-order valence-corrected chi connectivity index (χ4v) is 1.37. The number of anilines is 2. The van der Waals surface area contributed by atoms with E-state index in [1.807, 2.05) is 0 Å². The van der Waals surface area contributed by atoms with Crippen LogP contribution in [0.25, 0.3) is 0 Å². The van der Waals surface area contributed by atoms with E-state index in [2.05, 4.69) is 26.2 Å². The molecule has 1 aromatic heterocycles. The third kappa shape index (κ3) is 2.82. The predicted molar refractivity (Wildman–Crippen MR) is 63.2 cm³/mol. The third-order valence-electron chi connectivity index (χ3n) is 1.91. The van der Waals surface area contributed by atoms with Crippen molar-refractivity contribution in [1.82, 2.24) is 4.98 Å². The monoisotopic (exact) mass is 272 g/mol. The summed E-state index contributed by atoms with van der Waals surface area (Å²) in [5.74, 6) is 0.0843. The second-order valence-electron chi connectivity index (χ2n) is 3.71. The minimum absolute atomic E-state index is 0.451. The van der Waals surface area contributed by atoms with Crippen LogP contribution in [-0.4, -0.2) is 16.4 Å². The molecule has 0 bridgehead atoms. The van der Waals surface area contributed by atoms with E-state index in [-0.39, 0.29) is 0 Å². The van der Waals surface area contributed by atoms with Gasteiger partial charge in [0.1, 0.15) is 11.4 Å². The van der Waals surface area contributed by atoms with Crippen LogP contribution < -0.4 is 16.8 Å². The van der Waals surface area contributed by atoms with E-state index in [1.54, 1.807) is 19.9 Å². The Morgan fingerprint density at radius 3 is 2.67 bits per heavy atom. The lowest BCUT2D eigenvalue weighted by Crippen LogP contribution is -2.45. The van der Waals surface area contributed by atoms with Crippen molar-refractivity contribution in [3.8, 4) is 0 Å². The third-order valence-corrected chi connectivity index (χ3v) is 2.51. The minimum atomic E-state index is -0.856. The van der Waals surface area contributed by atoms with Gasteiger partial charge in [-0.2, -0.15) is 0 Å². The lowest BCUT2D eigenvalue weighted by molar-refractivity contribution is -0.121. The van der Waals surface area contributed by atoms with Gasteiger partial charge in [0.25, 0.3) is 0 Å². The number of nitrogen functional groups attached to an aromatic ring is 1. The van der Waals surface area contributed by atoms with Gasteiger partial charge >= 0.3 is 0 Å². The van der Waals surface area contributed by atoms with Gasteiger partial charge < -0.3 is 16.8 Å². The van der Waals surface area contributed by atoms with Gasteiger partial charge in [-0.05, 0) is 35.8 Å². The lowest BCUT2D eigenvalue weighted by atomic mass is 10.1. The second-order valence-corrected chi connectivity index (χ2v) is 4.57. The van der Waals surface area contributed by atoms with Crippen LogP contribution in [0.5, 0.6) is 0 Å². The molecule has 15 heavy (non-hydrogen) atoms. The number of rotatable bonds is 3. The fourth-order valence-electron chi connectivity index (χ4n) is 0.902. The summed E-state index contributed by atoms with van der Waals surface area (Å²) in [4.78, 5) is 15.2. The molecule has 1 aromatic rings. The molecule has 0 fully saturated rings. The Hall–Kier alpha value is -1.30. The van der Waals surface area contributed by atoms with E-state index in [4.69, 9.17) is 11.5 Å². The summed E-state index contributed by atoms with van der Waals surface area (Å²) < 4.78 is 0.692. The first-order valence-corrected chi connectivity index (χ1v) is 5.11. The molecule has 0 unspecified atom stereocenters. The van der Waals surface area contributed by atoms with Gasteiger partial charge in [0.05, 0.1) is 16.4 Å². The highest BCUT2D eigenvalue weighted by atomic mass is 79.9. The van der Waals surface area contributed by atoms with Crippen LogP contribution in [0, 0.1) is 0 Å². The number of primary amides is 1. The highest BCUT2D eigenvalue weighted by Gasteiger charge is 2.25. The molecule has 5 nitrogen and oxygen atoms in total. The van der Waals surface area contributed by atoms with Crippen molar-refractivity contribution in [3.05, 3.63) is 16.7 Å². The number of amides is 1. The number of carbonyl (C=O) groups excluding carboxylic acids is 1. The standard InChI is InChI=1S/C9H13BrN4O/c1-9(2,8(12)15)14-7-6(10)3-5(11)4-13-7/h3-4H,11H2,1-2H3,(H2,12,15)(H,13,14). The highest BCUT2D eigenvalue weighted by Crippen LogP contribution is 2.24. The van der Waals surface area contributed by atoms with E-state index in [1.165, 1.54) is 6.20 Å². The van der Waals surface area contributed by atoms with Crippen molar-refractivity contribution < 1.29 is 4.79 Å². The molecule has 0 atom stereocenters. The van der Waals surface area contributed by atoms with Crippen LogP contribution in [0.3, 0.4) is 0 Å². The van der Waals surface area contributed by atoms with Crippen LogP contribution >= 0.6 is 15.9 Å². The van der Waals surface area contributed by atoms with Crippen molar-refractivity contribution in [1.29, 1.82) is 0 Å². The first-order valence-electron chi connectivity index (χ1n) is 4.32. The molecule has 0 spiro atoms. The zero-order valence-electron chi connectivity index (χ0n) is 8.54. The number of hydrogen-bond donors (Lipinski definition) is 3. The van der Waals surface area contributed by atoms with Crippen LogP contribution in [0.15, 0.2) is 16.7 Å². The molecule has 1 heterocycles. The van der Waals surface area contributed by atoms with E-state index in [9.17, 15) is 4.79 Å². The number of nitrogens with two attached hydrogens (primary N) is 2. The van der Waals surface area contributed by atoms with Crippen molar-refractivity contribution in [2.45, 2.75) is 19.4 Å². The van der Waals surface area contributed by atoms with Crippen LogP contribution in [0.4, 0.5) is 11.5 Å². The SMILES string of the molecule is CC(C)(Nc1ncc(N)cc1Br)C(N)=O. The molecule has 82 valence electrons. The first kappa shape index (κ1) is 11.8. The molecule has 1 amide bonds. The molecule has 0 saturated carbocycles. The maximum absolute atomic E-state index is 11.1. The number of carbonyl (C=O) groups is 1. The van der Waals surface area contributed by atoms with Crippen molar-refractivity contribution >= 4 is 33.3 Å². The Morgan fingerprint density at radius 1 is 1.60 bits per heavy atom. The normalized spacial score (nSPS) is 11.1. The molecular formula is C9H13BrN4O. The Bertz CT molecular complexity index is 392. The lowest BCUT2D eigenvalue weighted by Gasteiger charge is -2.23. The van der Waals surface area contributed by atoms with E-state index < -0.39 is 11.4 Å². The summed E-state index contributed by atoms with van der Waals surface area (Å²) in [7, 11) is 0. The Balaban J connectivity index is 2.95. The minimum Gasteiger partial charge on any atom is -0.397 e. The summed E-state index contributed by atoms with van der Waals surface area (Å²) in [5, 5.41) is 2.93. The summed E-state index contributed by atoms with van der Waals surface area (Å²) in [6, 6.07) is 1.70. The molecular weight excluding hydrogens is 260 g/mol. The maximum Gasteiger partial charge on any atom is 0.242 e. The molecule has 1 rings (SSSR count). The zero-order chi connectivity index (χ0) is 11.6. The quantitative estimate of drug-likeness (QED) is 0.768. The van der Waals surface area contributed by atoms with Crippen molar-refractivity contribution in [3.63, 3.8) is 0 Å². The van der Waals surface area contributed by atoms with Crippen molar-refractivity contribution in [2.24, 2.45) is 5.73 Å². The van der Waals surface area contributed by atoms with Gasteiger partial charge in [-0.1, -0.05) is 0 Å². The van der Waals surface area contributed by atoms with E-state index in [0.717, 1.165) is 0 Å². The molecule has 0 aliphatic carbocycles. The topological polar surface area (TPSA) is 94.0 Å². The molecule has 6 heteroatoms.